The Labute approximate surface area is 238 Å². The van der Waals surface area contributed by atoms with Gasteiger partial charge in [-0.05, 0) is 17.7 Å². The van der Waals surface area contributed by atoms with Crippen LogP contribution in [0.4, 0.5) is 25.1 Å². The van der Waals surface area contributed by atoms with Crippen LogP contribution in [0.3, 0.4) is 0 Å². The number of nitrogens with one attached hydrogen (secondary N) is 1. The average molecular weight is 620 g/mol. The summed E-state index contributed by atoms with van der Waals surface area (Å²) in [5.74, 6) is -4.78. The lowest BCUT2D eigenvalue weighted by Gasteiger charge is -2.39. The molecule has 3 unspecified atom stereocenters. The molecule has 8 atom stereocenters. The maximum absolute atomic E-state index is 14.3. The van der Waals surface area contributed by atoms with E-state index < -0.39 is 109 Å². The van der Waals surface area contributed by atoms with E-state index >= 15 is 0 Å². The summed E-state index contributed by atoms with van der Waals surface area (Å²) in [5, 5.41) is 71.5. The molecule has 4 rings (SSSR count). The molecule has 18 nitrogen and oxygen atoms in total. The molecule has 1 aromatic carbocycles. The molecule has 20 heteroatoms. The number of aliphatic hydroxyl groups excluding tert-OH is 6. The highest BCUT2D eigenvalue weighted by molar-refractivity contribution is 5.83. The van der Waals surface area contributed by atoms with Crippen LogP contribution >= 0.6 is 0 Å². The number of halogens is 2. The standard InChI is InChI=1S/C23H26F2N4O14/c24-23(25)18(35)13(7-31)43-20(23)28-4-3-14(26-21(28)36)27-22(37)40-8-9-1-2-11(10(5-9)29(38)39)41-19-17(34)16(33)15(32)12(6-30)42-19/h1-5,12-13,15-20,30-35H,6-8H2,(H,26,27,36,37)/t12?,13-,15+,16+,17?,18?,19-,20-/m1/s1. The van der Waals surface area contributed by atoms with Crippen molar-refractivity contribution in [1.82, 2.24) is 9.55 Å². The van der Waals surface area contributed by atoms with E-state index in [1.807, 2.05) is 0 Å². The number of alkyl halides is 2. The molecule has 3 heterocycles. The lowest BCUT2D eigenvalue weighted by Crippen LogP contribution is -2.60. The second kappa shape index (κ2) is 12.8. The van der Waals surface area contributed by atoms with E-state index in [0.717, 1.165) is 24.4 Å². The first kappa shape index (κ1) is 32.0. The third-order valence-corrected chi connectivity index (χ3v) is 6.55. The van der Waals surface area contributed by atoms with Crippen LogP contribution < -0.4 is 15.7 Å². The van der Waals surface area contributed by atoms with Crippen molar-refractivity contribution in [2.75, 3.05) is 18.5 Å². The van der Waals surface area contributed by atoms with Crippen LogP contribution in [-0.2, 0) is 20.8 Å². The Morgan fingerprint density at radius 1 is 1.09 bits per heavy atom. The molecule has 2 fully saturated rings. The summed E-state index contributed by atoms with van der Waals surface area (Å²) in [7, 11) is 0. The number of anilines is 1. The van der Waals surface area contributed by atoms with Crippen LogP contribution in [0.1, 0.15) is 11.8 Å². The Morgan fingerprint density at radius 2 is 1.79 bits per heavy atom. The van der Waals surface area contributed by atoms with Gasteiger partial charge in [0.05, 0.1) is 18.1 Å². The third kappa shape index (κ3) is 6.55. The van der Waals surface area contributed by atoms with Crippen molar-refractivity contribution in [2.24, 2.45) is 0 Å². The van der Waals surface area contributed by atoms with Gasteiger partial charge in [0.2, 0.25) is 12.5 Å². The molecular formula is C23H26F2N4O14. The van der Waals surface area contributed by atoms with Crippen molar-refractivity contribution in [2.45, 2.75) is 61.7 Å². The van der Waals surface area contributed by atoms with Crippen LogP contribution in [-0.4, -0.2) is 113 Å². The minimum Gasteiger partial charge on any atom is -0.455 e. The van der Waals surface area contributed by atoms with E-state index in [4.69, 9.17) is 24.1 Å². The van der Waals surface area contributed by atoms with Gasteiger partial charge in [0.1, 0.15) is 42.9 Å². The zero-order valence-corrected chi connectivity index (χ0v) is 21.7. The third-order valence-electron chi connectivity index (χ3n) is 6.55. The number of nitro groups is 1. The van der Waals surface area contributed by atoms with Gasteiger partial charge < -0.3 is 49.6 Å². The van der Waals surface area contributed by atoms with E-state index in [1.54, 1.807) is 0 Å². The number of nitro benzene ring substituents is 1. The smallest absolute Gasteiger partial charge is 0.413 e. The Kier molecular flexibility index (Phi) is 9.51. The summed E-state index contributed by atoms with van der Waals surface area (Å²) in [5.41, 5.74) is -1.88. The molecule has 2 aromatic rings. The quantitative estimate of drug-likeness (QED) is 0.118. The Bertz CT molecular complexity index is 1390. The molecule has 0 aliphatic carbocycles. The number of carbonyl (C=O) groups is 1. The van der Waals surface area contributed by atoms with Gasteiger partial charge >= 0.3 is 23.4 Å². The van der Waals surface area contributed by atoms with Crippen LogP contribution in [0.15, 0.2) is 35.3 Å². The molecule has 0 spiro atoms. The topological polar surface area (TPSA) is 265 Å². The minimum atomic E-state index is -3.94. The van der Waals surface area contributed by atoms with E-state index in [2.05, 4.69) is 10.3 Å². The number of carbonyl (C=O) groups excluding carboxylic acids is 1. The van der Waals surface area contributed by atoms with E-state index in [9.17, 15) is 54.0 Å². The number of rotatable bonds is 9. The fourth-order valence-corrected chi connectivity index (χ4v) is 4.25. The van der Waals surface area contributed by atoms with Gasteiger partial charge in [-0.2, -0.15) is 13.8 Å². The van der Waals surface area contributed by atoms with E-state index in [1.165, 1.54) is 6.07 Å². The molecule has 2 saturated heterocycles. The second-order valence-electron chi connectivity index (χ2n) is 9.41. The number of aromatic nitrogens is 2. The fraction of sp³-hybridized carbons (Fsp3) is 0.522. The molecule has 236 valence electrons. The molecule has 7 N–H and O–H groups in total. The van der Waals surface area contributed by atoms with Gasteiger partial charge in [0.25, 0.3) is 0 Å². The highest BCUT2D eigenvalue weighted by Gasteiger charge is 2.59. The van der Waals surface area contributed by atoms with Gasteiger partial charge in [0, 0.05) is 12.3 Å². The normalized spacial score (nSPS) is 30.0. The highest BCUT2D eigenvalue weighted by atomic mass is 19.3. The molecule has 2 aliphatic rings. The first-order valence-corrected chi connectivity index (χ1v) is 12.4. The number of hydrogen-bond acceptors (Lipinski definition) is 15. The lowest BCUT2D eigenvalue weighted by atomic mass is 9.99. The molecule has 0 bridgehead atoms. The summed E-state index contributed by atoms with van der Waals surface area (Å²) in [6, 6.07) is 4.24. The van der Waals surface area contributed by atoms with Crippen LogP contribution in [0.5, 0.6) is 5.75 Å². The van der Waals surface area contributed by atoms with Crippen molar-refractivity contribution >= 4 is 17.6 Å². The predicted octanol–water partition coefficient (Wildman–Crippen LogP) is -2.04. The van der Waals surface area contributed by atoms with Gasteiger partial charge in [-0.3, -0.25) is 20.0 Å². The largest absolute Gasteiger partial charge is 0.455 e. The fourth-order valence-electron chi connectivity index (χ4n) is 4.25. The van der Waals surface area contributed by atoms with E-state index in [-0.39, 0.29) is 5.56 Å². The van der Waals surface area contributed by atoms with Crippen molar-refractivity contribution in [3.8, 4) is 5.75 Å². The first-order valence-electron chi connectivity index (χ1n) is 12.4. The Hall–Kier alpha value is -3.89. The van der Waals surface area contributed by atoms with Crippen molar-refractivity contribution < 1.29 is 68.1 Å². The lowest BCUT2D eigenvalue weighted by molar-refractivity contribution is -0.387. The summed E-state index contributed by atoms with van der Waals surface area (Å²) >= 11 is 0. The van der Waals surface area contributed by atoms with Gasteiger partial charge in [-0.1, -0.05) is 6.07 Å². The summed E-state index contributed by atoms with van der Waals surface area (Å²) < 4.78 is 49.3. The zero-order valence-electron chi connectivity index (χ0n) is 21.7. The maximum Gasteiger partial charge on any atom is 0.413 e. The summed E-state index contributed by atoms with van der Waals surface area (Å²) in [6.07, 6.45) is -15.0. The molecule has 1 amide bonds. The molecule has 2 aliphatic heterocycles. The van der Waals surface area contributed by atoms with Gasteiger partial charge in [-0.15, -0.1) is 0 Å². The van der Waals surface area contributed by atoms with Crippen molar-refractivity contribution in [3.63, 3.8) is 0 Å². The summed E-state index contributed by atoms with van der Waals surface area (Å²) in [4.78, 5) is 38.7. The van der Waals surface area contributed by atoms with Crippen LogP contribution in [0.25, 0.3) is 0 Å². The Morgan fingerprint density at radius 3 is 2.40 bits per heavy atom. The Balaban J connectivity index is 1.39. The monoisotopic (exact) mass is 620 g/mol. The van der Waals surface area contributed by atoms with Crippen molar-refractivity contribution in [1.29, 1.82) is 0 Å². The highest BCUT2D eigenvalue weighted by Crippen LogP contribution is 2.42. The van der Waals surface area contributed by atoms with E-state index in [0.29, 0.717) is 4.57 Å². The maximum atomic E-state index is 14.3. The second-order valence-corrected chi connectivity index (χ2v) is 9.41. The average Bonchev–Trinajstić information content (AvgIpc) is 3.20. The number of nitrogens with zero attached hydrogens (tertiary/aromatic N) is 3. The predicted molar refractivity (Wildman–Crippen MR) is 132 cm³/mol. The number of aliphatic hydroxyl groups is 6. The SMILES string of the molecule is O=C(Nc1ccn([C@@H]2O[C@H](CO)C(O)C2(F)F)c(=O)n1)OCc1ccc(O[C@@H]2OC(CO)[C@H](O)[C@H](O)C2O)c([N+](=O)[O-])c1. The van der Waals surface area contributed by atoms with Crippen molar-refractivity contribution in [3.05, 3.63) is 56.6 Å². The van der Waals surface area contributed by atoms with Crippen LogP contribution in [0.2, 0.25) is 0 Å². The molecule has 1 aromatic heterocycles. The molecular weight excluding hydrogens is 594 g/mol. The molecule has 43 heavy (non-hydrogen) atoms. The van der Waals surface area contributed by atoms with Gasteiger partial charge in [0.15, 0.2) is 11.9 Å². The van der Waals surface area contributed by atoms with Gasteiger partial charge in [-0.25, -0.2) is 9.59 Å². The summed E-state index contributed by atoms with van der Waals surface area (Å²) in [6.45, 7) is -2.23. The number of amides is 1. The zero-order chi connectivity index (χ0) is 31.6. The number of benzene rings is 1. The first-order chi connectivity index (χ1) is 20.3. The molecule has 0 saturated carbocycles. The number of ether oxygens (including phenoxy) is 4. The number of hydrogen-bond donors (Lipinski definition) is 7. The van der Waals surface area contributed by atoms with Crippen LogP contribution in [0, 0.1) is 10.1 Å². The molecule has 0 radical (unpaired) electrons. The minimum absolute atomic E-state index is 0.0731.